The molecule has 1 heterocycles. The van der Waals surface area contributed by atoms with Crippen molar-refractivity contribution in [2.75, 3.05) is 12.0 Å². The predicted octanol–water partition coefficient (Wildman–Crippen LogP) is 2.42. The van der Waals surface area contributed by atoms with E-state index in [-0.39, 0.29) is 18.1 Å². The molecule has 124 valence electrons. The van der Waals surface area contributed by atoms with Crippen LogP contribution in [0.1, 0.15) is 29.5 Å². The van der Waals surface area contributed by atoms with Crippen LogP contribution >= 0.6 is 0 Å². The van der Waals surface area contributed by atoms with Gasteiger partial charge in [-0.15, -0.1) is 0 Å². The number of furan rings is 1. The van der Waals surface area contributed by atoms with Crippen molar-refractivity contribution in [2.24, 2.45) is 0 Å². The highest BCUT2D eigenvalue weighted by Crippen LogP contribution is 2.15. The molecular formula is C17H21NO4S. The third kappa shape index (κ3) is 5.90. The third-order valence-electron chi connectivity index (χ3n) is 3.40. The number of sulfone groups is 1. The standard InChI is InChI=1S/C17H21NO4S/c1-13-8-9-15(22-13)10-11-17(19)18-16(12-23(2,20)21)14-6-4-3-5-7-14/h3-9,16H,10-12H2,1-2H3,(H,18,19). The van der Waals surface area contributed by atoms with Crippen molar-refractivity contribution in [3.8, 4) is 0 Å². The van der Waals surface area contributed by atoms with E-state index in [9.17, 15) is 13.2 Å². The van der Waals surface area contributed by atoms with Gasteiger partial charge < -0.3 is 9.73 Å². The van der Waals surface area contributed by atoms with Gasteiger partial charge in [0, 0.05) is 19.1 Å². The number of hydrogen-bond acceptors (Lipinski definition) is 4. The zero-order chi connectivity index (χ0) is 16.9. The zero-order valence-electron chi connectivity index (χ0n) is 13.3. The lowest BCUT2D eigenvalue weighted by Gasteiger charge is -2.18. The molecule has 0 radical (unpaired) electrons. The summed E-state index contributed by atoms with van der Waals surface area (Å²) >= 11 is 0. The Morgan fingerprint density at radius 2 is 1.87 bits per heavy atom. The third-order valence-corrected chi connectivity index (χ3v) is 4.34. The van der Waals surface area contributed by atoms with Gasteiger partial charge in [0.05, 0.1) is 11.8 Å². The van der Waals surface area contributed by atoms with E-state index in [0.717, 1.165) is 17.1 Å². The molecule has 5 nitrogen and oxygen atoms in total. The molecule has 6 heteroatoms. The first kappa shape index (κ1) is 17.3. The van der Waals surface area contributed by atoms with Crippen LogP contribution in [0.4, 0.5) is 0 Å². The van der Waals surface area contributed by atoms with Crippen LogP contribution in [-0.4, -0.2) is 26.3 Å². The van der Waals surface area contributed by atoms with Gasteiger partial charge >= 0.3 is 0 Å². The molecule has 23 heavy (non-hydrogen) atoms. The van der Waals surface area contributed by atoms with Gasteiger partial charge in [0.1, 0.15) is 21.4 Å². The van der Waals surface area contributed by atoms with Crippen molar-refractivity contribution in [1.82, 2.24) is 5.32 Å². The fourth-order valence-corrected chi connectivity index (χ4v) is 3.21. The second-order valence-corrected chi connectivity index (χ2v) is 7.82. The predicted molar refractivity (Wildman–Crippen MR) is 88.8 cm³/mol. The van der Waals surface area contributed by atoms with E-state index in [1.54, 1.807) is 0 Å². The van der Waals surface area contributed by atoms with E-state index in [1.807, 2.05) is 49.4 Å². The minimum atomic E-state index is -3.21. The summed E-state index contributed by atoms with van der Waals surface area (Å²) in [6, 6.07) is 12.3. The molecule has 1 amide bonds. The van der Waals surface area contributed by atoms with E-state index < -0.39 is 15.9 Å². The van der Waals surface area contributed by atoms with Gasteiger partial charge in [-0.05, 0) is 24.6 Å². The molecule has 0 bridgehead atoms. The highest BCUT2D eigenvalue weighted by molar-refractivity contribution is 7.90. The summed E-state index contributed by atoms with van der Waals surface area (Å²) in [5, 5.41) is 2.81. The van der Waals surface area contributed by atoms with E-state index in [1.165, 1.54) is 6.26 Å². The lowest BCUT2D eigenvalue weighted by molar-refractivity contribution is -0.121. The number of carbonyl (C=O) groups excluding carboxylic acids is 1. The normalized spacial score (nSPS) is 12.8. The van der Waals surface area contributed by atoms with Crippen molar-refractivity contribution in [1.29, 1.82) is 0 Å². The first-order valence-corrected chi connectivity index (χ1v) is 9.47. The van der Waals surface area contributed by atoms with Gasteiger partial charge in [-0.25, -0.2) is 8.42 Å². The van der Waals surface area contributed by atoms with E-state index >= 15 is 0 Å². The van der Waals surface area contributed by atoms with Crippen molar-refractivity contribution >= 4 is 15.7 Å². The first-order valence-electron chi connectivity index (χ1n) is 7.41. The maximum Gasteiger partial charge on any atom is 0.220 e. The molecular weight excluding hydrogens is 314 g/mol. The largest absolute Gasteiger partial charge is 0.466 e. The summed E-state index contributed by atoms with van der Waals surface area (Å²) in [7, 11) is -3.21. The molecule has 2 aromatic rings. The Morgan fingerprint density at radius 1 is 1.17 bits per heavy atom. The van der Waals surface area contributed by atoms with Crippen LogP contribution in [-0.2, 0) is 21.1 Å². The molecule has 2 rings (SSSR count). The molecule has 0 aliphatic heterocycles. The maximum absolute atomic E-state index is 12.1. The number of rotatable bonds is 7. The summed E-state index contributed by atoms with van der Waals surface area (Å²) in [6.07, 6.45) is 1.90. The Labute approximate surface area is 136 Å². The number of aryl methyl sites for hydroxylation is 2. The minimum Gasteiger partial charge on any atom is -0.466 e. The summed E-state index contributed by atoms with van der Waals surface area (Å²) in [4.78, 5) is 12.1. The number of benzene rings is 1. The fraction of sp³-hybridized carbons (Fsp3) is 0.353. The number of carbonyl (C=O) groups is 1. The maximum atomic E-state index is 12.1. The average molecular weight is 335 g/mol. The van der Waals surface area contributed by atoms with Crippen molar-refractivity contribution in [3.05, 3.63) is 59.5 Å². The Morgan fingerprint density at radius 3 is 2.43 bits per heavy atom. The summed E-state index contributed by atoms with van der Waals surface area (Å²) in [5.74, 6) is 1.23. The van der Waals surface area contributed by atoms with E-state index in [4.69, 9.17) is 4.42 Å². The molecule has 1 unspecified atom stereocenters. The fourth-order valence-electron chi connectivity index (χ4n) is 2.33. The lowest BCUT2D eigenvalue weighted by atomic mass is 10.1. The van der Waals surface area contributed by atoms with Gasteiger partial charge in [-0.1, -0.05) is 30.3 Å². The van der Waals surface area contributed by atoms with Crippen LogP contribution in [0.3, 0.4) is 0 Å². The Hall–Kier alpha value is -2.08. The van der Waals surface area contributed by atoms with Crippen LogP contribution in [0, 0.1) is 6.92 Å². The summed E-state index contributed by atoms with van der Waals surface area (Å²) in [6.45, 7) is 1.85. The molecule has 0 saturated heterocycles. The molecule has 1 aromatic carbocycles. The SMILES string of the molecule is Cc1ccc(CCC(=O)NC(CS(C)(=O)=O)c2ccccc2)o1. The molecule has 0 aliphatic carbocycles. The Bertz CT molecular complexity index is 750. The lowest BCUT2D eigenvalue weighted by Crippen LogP contribution is -2.33. The van der Waals surface area contributed by atoms with Gasteiger partial charge in [0.2, 0.25) is 5.91 Å². The number of nitrogens with one attached hydrogen (secondary N) is 1. The molecule has 1 aromatic heterocycles. The van der Waals surface area contributed by atoms with Crippen LogP contribution < -0.4 is 5.32 Å². The molecule has 1 atom stereocenters. The molecule has 0 spiro atoms. The monoisotopic (exact) mass is 335 g/mol. The first-order chi connectivity index (χ1) is 10.8. The Kier molecular flexibility index (Phi) is 5.60. The minimum absolute atomic E-state index is 0.122. The van der Waals surface area contributed by atoms with Gasteiger partial charge in [0.25, 0.3) is 0 Å². The summed E-state index contributed by atoms with van der Waals surface area (Å²) in [5.41, 5.74) is 0.778. The van der Waals surface area contributed by atoms with E-state index in [2.05, 4.69) is 5.32 Å². The smallest absolute Gasteiger partial charge is 0.220 e. The van der Waals surface area contributed by atoms with E-state index in [0.29, 0.717) is 6.42 Å². The second kappa shape index (κ2) is 7.46. The Balaban J connectivity index is 2.00. The van der Waals surface area contributed by atoms with Crippen LogP contribution in [0.25, 0.3) is 0 Å². The van der Waals surface area contributed by atoms with Gasteiger partial charge in [0.15, 0.2) is 0 Å². The average Bonchev–Trinajstić information content (AvgIpc) is 2.90. The van der Waals surface area contributed by atoms with Crippen LogP contribution in [0.5, 0.6) is 0 Å². The van der Waals surface area contributed by atoms with Crippen molar-refractivity contribution < 1.29 is 17.6 Å². The quantitative estimate of drug-likeness (QED) is 0.843. The zero-order valence-corrected chi connectivity index (χ0v) is 14.1. The van der Waals surface area contributed by atoms with Gasteiger partial charge in [-0.2, -0.15) is 0 Å². The van der Waals surface area contributed by atoms with Gasteiger partial charge in [-0.3, -0.25) is 4.79 Å². The topological polar surface area (TPSA) is 76.4 Å². The summed E-state index contributed by atoms with van der Waals surface area (Å²) < 4.78 is 28.7. The molecule has 0 aliphatic rings. The van der Waals surface area contributed by atoms with Crippen LogP contribution in [0.15, 0.2) is 46.9 Å². The van der Waals surface area contributed by atoms with Crippen molar-refractivity contribution in [3.63, 3.8) is 0 Å². The molecule has 1 N–H and O–H groups in total. The van der Waals surface area contributed by atoms with Crippen molar-refractivity contribution in [2.45, 2.75) is 25.8 Å². The highest BCUT2D eigenvalue weighted by atomic mass is 32.2. The molecule has 0 fully saturated rings. The molecule has 0 saturated carbocycles. The highest BCUT2D eigenvalue weighted by Gasteiger charge is 2.19. The number of amides is 1. The van der Waals surface area contributed by atoms with Crippen LogP contribution in [0.2, 0.25) is 0 Å². The second-order valence-electron chi connectivity index (χ2n) is 5.64. The number of hydrogen-bond donors (Lipinski definition) is 1.